The quantitative estimate of drug-likeness (QED) is 0.630. The van der Waals surface area contributed by atoms with Gasteiger partial charge in [0.25, 0.3) is 0 Å². The molecular weight excluding hydrogens is 354 g/mol. The summed E-state index contributed by atoms with van der Waals surface area (Å²) in [6, 6.07) is 0.133. The Kier molecular flexibility index (Phi) is 9.29. The highest BCUT2D eigenvalue weighted by Crippen LogP contribution is 2.18. The van der Waals surface area contributed by atoms with Gasteiger partial charge in [0, 0.05) is 17.8 Å². The van der Waals surface area contributed by atoms with Crippen molar-refractivity contribution < 1.29 is 19.1 Å². The van der Waals surface area contributed by atoms with Gasteiger partial charge in [-0.1, -0.05) is 6.08 Å². The molecule has 2 N–H and O–H groups in total. The Morgan fingerprint density at radius 2 is 2.12 bits per heavy atom. The number of rotatable bonds is 9. The first kappa shape index (κ1) is 22.1. The molecule has 146 valence electrons. The number of esters is 1. The van der Waals surface area contributed by atoms with E-state index >= 15 is 0 Å². The van der Waals surface area contributed by atoms with Gasteiger partial charge in [0.15, 0.2) is 5.13 Å². The number of anilines is 1. The van der Waals surface area contributed by atoms with Gasteiger partial charge in [0.2, 0.25) is 0 Å². The number of amides is 1. The molecule has 1 atom stereocenters. The number of carbonyl (C=O) groups excluding carboxylic acids is 2. The molecule has 0 spiro atoms. The first-order chi connectivity index (χ1) is 12.2. The second kappa shape index (κ2) is 10.9. The number of ether oxygens (including phenoxy) is 2. The van der Waals surface area contributed by atoms with Crippen LogP contribution in [-0.4, -0.2) is 42.3 Å². The summed E-state index contributed by atoms with van der Waals surface area (Å²) in [5.41, 5.74) is 0.208. The van der Waals surface area contributed by atoms with Crippen molar-refractivity contribution in [2.45, 2.75) is 58.6 Å². The van der Waals surface area contributed by atoms with E-state index in [0.29, 0.717) is 18.2 Å². The highest BCUT2D eigenvalue weighted by atomic mass is 32.1. The van der Waals surface area contributed by atoms with Crippen LogP contribution in [0.5, 0.6) is 0 Å². The zero-order chi connectivity index (χ0) is 19.6. The Morgan fingerprint density at radius 1 is 1.38 bits per heavy atom. The molecule has 0 fully saturated rings. The standard InChI is InChI=1S/C18H29N3O4S/c1-6-24-15(22)9-7-8-13(19-5)10-11-14-12-26-16(20-14)21-17(23)25-18(2,3)4/h10-13,19H,6-9H2,1-5H3,(H,20,21,23)/b11-10+. The highest BCUT2D eigenvalue weighted by Gasteiger charge is 2.17. The van der Waals surface area contributed by atoms with E-state index in [1.807, 2.05) is 45.4 Å². The van der Waals surface area contributed by atoms with Crippen molar-refractivity contribution in [3.63, 3.8) is 0 Å². The summed E-state index contributed by atoms with van der Waals surface area (Å²) in [6.07, 6.45) is 5.35. The third-order valence-electron chi connectivity index (χ3n) is 3.20. The Balaban J connectivity index is 2.47. The predicted octanol–water partition coefficient (Wildman–Crippen LogP) is 3.82. The van der Waals surface area contributed by atoms with E-state index in [0.717, 1.165) is 18.5 Å². The van der Waals surface area contributed by atoms with Crippen LogP contribution in [0.25, 0.3) is 6.08 Å². The Bertz CT molecular complexity index is 608. The molecule has 1 aromatic rings. The molecular formula is C18H29N3O4S. The highest BCUT2D eigenvalue weighted by molar-refractivity contribution is 7.14. The lowest BCUT2D eigenvalue weighted by atomic mass is 10.1. The number of hydrogen-bond donors (Lipinski definition) is 2. The van der Waals surface area contributed by atoms with Crippen molar-refractivity contribution in [1.82, 2.24) is 10.3 Å². The van der Waals surface area contributed by atoms with Crippen molar-refractivity contribution in [2.75, 3.05) is 19.0 Å². The number of nitrogens with zero attached hydrogens (tertiary/aromatic N) is 1. The topological polar surface area (TPSA) is 89.5 Å². The van der Waals surface area contributed by atoms with Gasteiger partial charge in [-0.15, -0.1) is 11.3 Å². The maximum Gasteiger partial charge on any atom is 0.413 e. The largest absolute Gasteiger partial charge is 0.466 e. The lowest BCUT2D eigenvalue weighted by Crippen LogP contribution is -2.27. The lowest BCUT2D eigenvalue weighted by molar-refractivity contribution is -0.143. The second-order valence-electron chi connectivity index (χ2n) is 6.66. The molecule has 7 nitrogen and oxygen atoms in total. The van der Waals surface area contributed by atoms with Gasteiger partial charge in [-0.2, -0.15) is 0 Å². The van der Waals surface area contributed by atoms with Crippen molar-refractivity contribution >= 4 is 34.6 Å². The van der Waals surface area contributed by atoms with Crippen LogP contribution in [0.1, 0.15) is 52.7 Å². The first-order valence-electron chi connectivity index (χ1n) is 8.70. The molecule has 1 rings (SSSR count). The minimum Gasteiger partial charge on any atom is -0.466 e. The van der Waals surface area contributed by atoms with Crippen LogP contribution in [-0.2, 0) is 14.3 Å². The van der Waals surface area contributed by atoms with E-state index in [1.165, 1.54) is 11.3 Å². The summed E-state index contributed by atoms with van der Waals surface area (Å²) >= 11 is 1.33. The van der Waals surface area contributed by atoms with E-state index in [2.05, 4.69) is 15.6 Å². The summed E-state index contributed by atoms with van der Waals surface area (Å²) in [5.74, 6) is -0.163. The number of likely N-dealkylation sites (N-methyl/N-ethyl adjacent to an activating group) is 1. The smallest absolute Gasteiger partial charge is 0.413 e. The molecule has 0 radical (unpaired) electrons. The number of aromatic nitrogens is 1. The fourth-order valence-corrected chi connectivity index (χ4v) is 2.73. The van der Waals surface area contributed by atoms with E-state index in [4.69, 9.17) is 9.47 Å². The van der Waals surface area contributed by atoms with Crippen LogP contribution in [0.15, 0.2) is 11.5 Å². The van der Waals surface area contributed by atoms with Gasteiger partial charge >= 0.3 is 12.1 Å². The Hall–Kier alpha value is -1.93. The maximum absolute atomic E-state index is 11.7. The van der Waals surface area contributed by atoms with Crippen LogP contribution in [0, 0.1) is 0 Å². The molecule has 0 bridgehead atoms. The lowest BCUT2D eigenvalue weighted by Gasteiger charge is -2.18. The molecule has 0 aromatic carbocycles. The third-order valence-corrected chi connectivity index (χ3v) is 3.98. The minimum absolute atomic E-state index is 0.133. The average molecular weight is 384 g/mol. The van der Waals surface area contributed by atoms with Gasteiger partial charge in [-0.05, 0) is 53.7 Å². The Morgan fingerprint density at radius 3 is 2.73 bits per heavy atom. The predicted molar refractivity (Wildman–Crippen MR) is 104 cm³/mol. The summed E-state index contributed by atoms with van der Waals surface area (Å²) in [5, 5.41) is 8.16. The van der Waals surface area contributed by atoms with Crippen LogP contribution in [0.3, 0.4) is 0 Å². The number of carbonyl (C=O) groups is 2. The van der Waals surface area contributed by atoms with Crippen molar-refractivity contribution in [1.29, 1.82) is 0 Å². The Labute approximate surface area is 159 Å². The summed E-state index contributed by atoms with van der Waals surface area (Å²) in [6.45, 7) is 7.64. The van der Waals surface area contributed by atoms with Gasteiger partial charge in [0.1, 0.15) is 5.60 Å². The van der Waals surface area contributed by atoms with Crippen molar-refractivity contribution in [2.24, 2.45) is 0 Å². The zero-order valence-corrected chi connectivity index (χ0v) is 16.9. The fraction of sp³-hybridized carbons (Fsp3) is 0.611. The molecule has 1 amide bonds. The van der Waals surface area contributed by atoms with Crippen LogP contribution in [0.2, 0.25) is 0 Å². The normalized spacial score (nSPS) is 12.8. The van der Waals surface area contributed by atoms with Crippen LogP contribution < -0.4 is 10.6 Å². The molecule has 0 saturated heterocycles. The van der Waals surface area contributed by atoms with Gasteiger partial charge in [-0.25, -0.2) is 9.78 Å². The van der Waals surface area contributed by atoms with Crippen LogP contribution in [0.4, 0.5) is 9.93 Å². The van der Waals surface area contributed by atoms with E-state index in [-0.39, 0.29) is 12.0 Å². The second-order valence-corrected chi connectivity index (χ2v) is 7.51. The summed E-state index contributed by atoms with van der Waals surface area (Å²) in [7, 11) is 1.87. The van der Waals surface area contributed by atoms with Gasteiger partial charge < -0.3 is 14.8 Å². The summed E-state index contributed by atoms with van der Waals surface area (Å²) in [4.78, 5) is 27.4. The SMILES string of the molecule is CCOC(=O)CCCC(/C=C/c1csc(NC(=O)OC(C)(C)C)n1)NC. The van der Waals surface area contributed by atoms with Gasteiger partial charge in [0.05, 0.1) is 12.3 Å². The monoisotopic (exact) mass is 383 g/mol. The average Bonchev–Trinajstić information content (AvgIpc) is 2.96. The molecule has 26 heavy (non-hydrogen) atoms. The third kappa shape index (κ3) is 9.53. The molecule has 0 saturated carbocycles. The van der Waals surface area contributed by atoms with E-state index < -0.39 is 11.7 Å². The molecule has 0 aliphatic rings. The molecule has 1 aromatic heterocycles. The molecule has 8 heteroatoms. The van der Waals surface area contributed by atoms with Gasteiger partial charge in [-0.3, -0.25) is 10.1 Å². The van der Waals surface area contributed by atoms with Crippen molar-refractivity contribution in [3.05, 3.63) is 17.2 Å². The number of hydrogen-bond acceptors (Lipinski definition) is 7. The van der Waals surface area contributed by atoms with E-state index in [9.17, 15) is 9.59 Å². The molecule has 0 aliphatic carbocycles. The summed E-state index contributed by atoms with van der Waals surface area (Å²) < 4.78 is 10.1. The van der Waals surface area contributed by atoms with Crippen molar-refractivity contribution in [3.8, 4) is 0 Å². The first-order valence-corrected chi connectivity index (χ1v) is 9.58. The maximum atomic E-state index is 11.7. The molecule has 0 aliphatic heterocycles. The number of nitrogens with one attached hydrogen (secondary N) is 2. The van der Waals surface area contributed by atoms with Crippen LogP contribution >= 0.6 is 11.3 Å². The molecule has 1 unspecified atom stereocenters. The minimum atomic E-state index is -0.548. The molecule has 1 heterocycles. The fourth-order valence-electron chi connectivity index (χ4n) is 2.06. The zero-order valence-electron chi connectivity index (χ0n) is 16.1. The van der Waals surface area contributed by atoms with E-state index in [1.54, 1.807) is 6.92 Å². The number of thiazole rings is 1.